The number of methoxy groups -OCH3 is 1. The van der Waals surface area contributed by atoms with Crippen LogP contribution in [0.5, 0.6) is 11.5 Å². The van der Waals surface area contributed by atoms with Gasteiger partial charge >= 0.3 is 153 Å². The van der Waals surface area contributed by atoms with E-state index in [9.17, 15) is 9.59 Å². The van der Waals surface area contributed by atoms with Crippen LogP contribution in [0, 0.1) is 0 Å². The molecule has 0 atom stereocenters. The Hall–Kier alpha value is -1.89. The van der Waals surface area contributed by atoms with Gasteiger partial charge in [0, 0.05) is 0 Å². The Morgan fingerprint density at radius 2 is 1.83 bits per heavy atom. The zero-order valence-corrected chi connectivity index (χ0v) is 16.1. The molecule has 2 aromatic carbocycles. The van der Waals surface area contributed by atoms with Crippen molar-refractivity contribution in [2.45, 2.75) is 25.7 Å². The van der Waals surface area contributed by atoms with E-state index < -0.39 is 21.6 Å². The zero-order valence-electron chi connectivity index (χ0n) is 13.9. The number of ether oxygens (including phenoxy) is 1. The van der Waals surface area contributed by atoms with Crippen LogP contribution in [-0.2, 0) is 10.2 Å². The summed E-state index contributed by atoms with van der Waals surface area (Å²) in [6.45, 7) is 3.99. The van der Waals surface area contributed by atoms with Gasteiger partial charge in [-0.25, -0.2) is 0 Å². The fourth-order valence-corrected chi connectivity index (χ4v) is 3.57. The van der Waals surface area contributed by atoms with Crippen LogP contribution >= 0.6 is 0 Å². The van der Waals surface area contributed by atoms with Gasteiger partial charge in [0.15, 0.2) is 0 Å². The van der Waals surface area contributed by atoms with Crippen molar-refractivity contribution in [2.24, 2.45) is 0 Å². The van der Waals surface area contributed by atoms with Crippen LogP contribution in [0.3, 0.4) is 0 Å². The van der Waals surface area contributed by atoms with Gasteiger partial charge in [-0.3, -0.25) is 0 Å². The molecule has 0 bridgehead atoms. The van der Waals surface area contributed by atoms with Gasteiger partial charge in [-0.2, -0.15) is 0 Å². The normalized spacial score (nSPS) is 11.1. The Kier molecular flexibility index (Phi) is 6.36. The Balaban J connectivity index is 2.19. The second-order valence-electron chi connectivity index (χ2n) is 5.91. The summed E-state index contributed by atoms with van der Waals surface area (Å²) in [7, 11) is 1.57. The van der Waals surface area contributed by atoms with Crippen LogP contribution in [0.15, 0.2) is 48.5 Å². The molecule has 0 unspecified atom stereocenters. The van der Waals surface area contributed by atoms with Crippen molar-refractivity contribution in [3.63, 3.8) is 0 Å². The first-order valence-corrected chi connectivity index (χ1v) is 9.47. The Bertz CT molecular complexity index is 711. The summed E-state index contributed by atoms with van der Waals surface area (Å²) < 4.78 is 11.1. The molecule has 0 N–H and O–H groups in total. The van der Waals surface area contributed by atoms with Crippen molar-refractivity contribution in [3.05, 3.63) is 59.7 Å². The quantitative estimate of drug-likeness (QED) is 0.347. The van der Waals surface area contributed by atoms with Crippen molar-refractivity contribution >= 4 is 10.1 Å². The van der Waals surface area contributed by atoms with Gasteiger partial charge in [-0.05, 0) is 0 Å². The second kappa shape index (κ2) is 8.28. The van der Waals surface area contributed by atoms with Crippen LogP contribution in [0.2, 0.25) is 0 Å². The van der Waals surface area contributed by atoms with E-state index in [-0.39, 0.29) is 9.20 Å². The van der Waals surface area contributed by atoms with E-state index in [1.165, 1.54) is 0 Å². The first-order valence-electron chi connectivity index (χ1n) is 7.51. The fourth-order valence-electron chi connectivity index (χ4n) is 2.17. The molecule has 0 fully saturated rings. The first kappa shape index (κ1) is 18.4. The molecule has 0 aromatic heterocycles. The van der Waals surface area contributed by atoms with Gasteiger partial charge in [-0.1, -0.05) is 0 Å². The fraction of sp³-hybridized carbons (Fsp3) is 0.263. The van der Waals surface area contributed by atoms with Crippen LogP contribution in [0.4, 0.5) is 0 Å². The molecule has 0 saturated heterocycles. The van der Waals surface area contributed by atoms with Gasteiger partial charge in [0.2, 0.25) is 0 Å². The van der Waals surface area contributed by atoms with E-state index in [4.69, 9.17) is 7.80 Å². The number of rotatable bonds is 8. The topological polar surface area (TPSA) is 52.6 Å². The van der Waals surface area contributed by atoms with Gasteiger partial charge in [0.1, 0.15) is 0 Å². The zero-order chi connectivity index (χ0) is 17.6. The van der Waals surface area contributed by atoms with E-state index in [1.54, 1.807) is 19.2 Å². The number of carbonyl (C=O) groups is 2. The summed E-state index contributed by atoms with van der Waals surface area (Å²) in [4.78, 5) is 23.1. The Labute approximate surface area is 153 Å². The number of hydrogen-bond acceptors (Lipinski definition) is 4. The van der Waals surface area contributed by atoms with E-state index in [0.29, 0.717) is 23.5 Å². The van der Waals surface area contributed by atoms with Gasteiger partial charge in [-0.15, -0.1) is 0 Å². The molecule has 0 saturated carbocycles. The number of benzene rings is 2. The van der Waals surface area contributed by atoms with Gasteiger partial charge < -0.3 is 0 Å². The van der Waals surface area contributed by atoms with Crippen LogP contribution in [0.1, 0.15) is 36.2 Å². The Morgan fingerprint density at radius 1 is 1.12 bits per heavy atom. The van der Waals surface area contributed by atoms with Gasteiger partial charge in [0.05, 0.1) is 0 Å². The third-order valence-electron chi connectivity index (χ3n) is 3.73. The average Bonchev–Trinajstić information content (AvgIpc) is 2.60. The second-order valence-corrected chi connectivity index (χ2v) is 7.77. The van der Waals surface area contributed by atoms with Crippen molar-refractivity contribution in [3.8, 4) is 11.5 Å². The average molecular weight is 439 g/mol. The van der Waals surface area contributed by atoms with Crippen LogP contribution < -0.4 is 29.4 Å². The summed E-state index contributed by atoms with van der Waals surface area (Å²) in [5.41, 5.74) is 1.33. The molecule has 4 nitrogen and oxygen atoms in total. The molecule has 2 rings (SSSR count). The SMILES string of the molecule is COc1ccc(C(C)(C)CC=O)cc1O[I-]C(=O)c1ccccc1. The summed E-state index contributed by atoms with van der Waals surface area (Å²) in [5, 5.41) is 0. The molecule has 24 heavy (non-hydrogen) atoms. The molecule has 0 amide bonds. The number of hydrogen-bond donors (Lipinski definition) is 0. The Morgan fingerprint density at radius 3 is 2.46 bits per heavy atom. The molecular weight excluding hydrogens is 419 g/mol. The first-order chi connectivity index (χ1) is 11.5. The summed E-state index contributed by atoms with van der Waals surface area (Å²) in [6, 6.07) is 14.7. The molecule has 0 aliphatic heterocycles. The minimum atomic E-state index is -1.16. The minimum absolute atomic E-state index is 0.00834. The predicted molar refractivity (Wildman–Crippen MR) is 88.1 cm³/mol. The summed E-state index contributed by atoms with van der Waals surface area (Å²) in [6.07, 6.45) is 1.33. The molecule has 0 radical (unpaired) electrons. The maximum atomic E-state index is 12.2. The van der Waals surface area contributed by atoms with Crippen molar-refractivity contribution in [1.82, 2.24) is 0 Å². The maximum absolute atomic E-state index is 12.2. The van der Waals surface area contributed by atoms with E-state index >= 15 is 0 Å². The number of carbonyl (C=O) groups excluding carboxylic acids is 2. The molecule has 0 aliphatic carbocycles. The van der Waals surface area contributed by atoms with E-state index in [2.05, 4.69) is 0 Å². The molecule has 0 aliphatic rings. The molecule has 5 heteroatoms. The molecule has 128 valence electrons. The van der Waals surface area contributed by atoms with Crippen LogP contribution in [0.25, 0.3) is 0 Å². The summed E-state index contributed by atoms with van der Waals surface area (Å²) >= 11 is -1.16. The molecule has 2 aromatic rings. The predicted octanol–water partition coefficient (Wildman–Crippen LogP) is 0.785. The van der Waals surface area contributed by atoms with Crippen molar-refractivity contribution in [2.75, 3.05) is 7.11 Å². The molecule has 0 spiro atoms. The standard InChI is InChI=1S/C19H20IO4/c1-19(2,11-12-21)15-9-10-16(23-3)17(13-15)24-20-18(22)14-7-5-4-6-8-14/h4-10,12-13H,11H2,1-3H3/q-1. The monoisotopic (exact) mass is 439 g/mol. The van der Waals surface area contributed by atoms with Crippen molar-refractivity contribution in [1.29, 1.82) is 0 Å². The number of halogens is 1. The molecular formula is C19H20IO4-. The number of aldehydes is 1. The van der Waals surface area contributed by atoms with Gasteiger partial charge in [0.25, 0.3) is 0 Å². The van der Waals surface area contributed by atoms with E-state index in [1.807, 2.05) is 50.2 Å². The van der Waals surface area contributed by atoms with Crippen LogP contribution in [-0.4, -0.2) is 17.2 Å². The van der Waals surface area contributed by atoms with Crippen molar-refractivity contribution < 1.29 is 39.0 Å². The molecule has 0 heterocycles. The summed E-state index contributed by atoms with van der Waals surface area (Å²) in [5.74, 6) is 1.13. The van der Waals surface area contributed by atoms with E-state index in [0.717, 1.165) is 11.8 Å². The third kappa shape index (κ3) is 4.56. The third-order valence-corrected chi connectivity index (χ3v) is 5.45.